The van der Waals surface area contributed by atoms with E-state index in [-0.39, 0.29) is 5.69 Å². The summed E-state index contributed by atoms with van der Waals surface area (Å²) in [5.74, 6) is 0. The Labute approximate surface area is 123 Å². The number of hydrogen-bond acceptors (Lipinski definition) is 4. The summed E-state index contributed by atoms with van der Waals surface area (Å²) in [5.41, 5.74) is 0.473. The van der Waals surface area contributed by atoms with Crippen molar-refractivity contribution in [2.24, 2.45) is 0 Å². The molecule has 5 heteroatoms. The highest BCUT2D eigenvalue weighted by Crippen LogP contribution is 2.20. The molecule has 2 aromatic rings. The first-order valence-corrected chi connectivity index (χ1v) is 6.71. The highest BCUT2D eigenvalue weighted by molar-refractivity contribution is 5.39. The van der Waals surface area contributed by atoms with Gasteiger partial charge in [0.05, 0.1) is 10.5 Å². The Morgan fingerprint density at radius 3 is 2.43 bits per heavy atom. The quantitative estimate of drug-likeness (QED) is 0.632. The minimum atomic E-state index is -1.02. The zero-order valence-electron chi connectivity index (χ0n) is 11.8. The maximum atomic E-state index is 10.9. The fourth-order valence-electron chi connectivity index (χ4n) is 2.18. The van der Waals surface area contributed by atoms with E-state index in [9.17, 15) is 15.2 Å². The molecule has 21 heavy (non-hydrogen) atoms. The minimum Gasteiger partial charge on any atom is -0.384 e. The van der Waals surface area contributed by atoms with Crippen molar-refractivity contribution in [3.05, 3.63) is 75.8 Å². The van der Waals surface area contributed by atoms with Gasteiger partial charge in [-0.15, -0.1) is 0 Å². The predicted octanol–water partition coefficient (Wildman–Crippen LogP) is 2.59. The van der Waals surface area contributed by atoms with E-state index >= 15 is 0 Å². The summed E-state index contributed by atoms with van der Waals surface area (Å²) < 4.78 is 0. The lowest BCUT2D eigenvalue weighted by molar-refractivity contribution is -0.385. The third-order valence-electron chi connectivity index (χ3n) is 3.37. The zero-order chi connectivity index (χ0) is 15.3. The Morgan fingerprint density at radius 1 is 1.14 bits per heavy atom. The molecule has 0 saturated carbocycles. The van der Waals surface area contributed by atoms with Crippen molar-refractivity contribution < 1.29 is 10.0 Å². The smallest absolute Gasteiger partial charge is 0.273 e. The number of rotatable bonds is 6. The molecular weight excluding hydrogens is 268 g/mol. The third-order valence-corrected chi connectivity index (χ3v) is 3.37. The monoisotopic (exact) mass is 286 g/mol. The molecule has 0 amide bonds. The van der Waals surface area contributed by atoms with Gasteiger partial charge in [0.25, 0.3) is 5.69 Å². The molecule has 1 unspecified atom stereocenters. The van der Waals surface area contributed by atoms with Crippen molar-refractivity contribution in [2.75, 3.05) is 6.54 Å². The average Bonchev–Trinajstić information content (AvgIpc) is 2.48. The van der Waals surface area contributed by atoms with Crippen LogP contribution in [0, 0.1) is 10.1 Å². The summed E-state index contributed by atoms with van der Waals surface area (Å²) in [6, 6.07) is 15.9. The number of nitro benzene ring substituents is 1. The van der Waals surface area contributed by atoms with E-state index in [0.717, 1.165) is 5.56 Å². The number of aliphatic hydroxyl groups is 1. The van der Waals surface area contributed by atoms with Crippen LogP contribution >= 0.6 is 0 Å². The fraction of sp³-hybridized carbons (Fsp3) is 0.250. The van der Waals surface area contributed by atoms with Crippen molar-refractivity contribution in [2.45, 2.75) is 19.1 Å². The highest BCUT2D eigenvalue weighted by atomic mass is 16.6. The lowest BCUT2D eigenvalue weighted by Crippen LogP contribution is -2.35. The van der Waals surface area contributed by atoms with Gasteiger partial charge in [0.2, 0.25) is 0 Å². The van der Waals surface area contributed by atoms with E-state index in [4.69, 9.17) is 0 Å². The summed E-state index contributed by atoms with van der Waals surface area (Å²) >= 11 is 0. The van der Waals surface area contributed by atoms with Gasteiger partial charge in [-0.3, -0.25) is 10.1 Å². The molecule has 1 atom stereocenters. The molecule has 5 nitrogen and oxygen atoms in total. The van der Waals surface area contributed by atoms with Crippen LogP contribution in [0.1, 0.15) is 18.1 Å². The number of nitrogens with one attached hydrogen (secondary N) is 1. The van der Waals surface area contributed by atoms with E-state index < -0.39 is 10.5 Å². The number of benzene rings is 2. The number of para-hydroxylation sites is 1. The average molecular weight is 286 g/mol. The Morgan fingerprint density at radius 2 is 1.76 bits per heavy atom. The van der Waals surface area contributed by atoms with Gasteiger partial charge in [0.15, 0.2) is 0 Å². The van der Waals surface area contributed by atoms with Crippen LogP contribution in [-0.4, -0.2) is 16.6 Å². The van der Waals surface area contributed by atoms with Crippen LogP contribution in [0.2, 0.25) is 0 Å². The van der Waals surface area contributed by atoms with Crippen LogP contribution in [-0.2, 0) is 12.1 Å². The van der Waals surface area contributed by atoms with Crippen LogP contribution < -0.4 is 5.32 Å². The second-order valence-corrected chi connectivity index (χ2v) is 5.13. The van der Waals surface area contributed by atoms with Gasteiger partial charge in [-0.05, 0) is 12.5 Å². The summed E-state index contributed by atoms with van der Waals surface area (Å²) in [6.45, 7) is 2.36. The molecule has 2 rings (SSSR count). The number of nitro groups is 1. The Bertz CT molecular complexity index is 612. The molecule has 0 aliphatic heterocycles. The SMILES string of the molecule is CC(O)(CNCc1ccccc1[N+](=O)[O-])c1ccccc1. The number of nitrogens with zero attached hydrogens (tertiary/aromatic N) is 1. The van der Waals surface area contributed by atoms with E-state index in [2.05, 4.69) is 5.32 Å². The second kappa shape index (κ2) is 6.47. The van der Waals surface area contributed by atoms with Crippen LogP contribution in [0.3, 0.4) is 0 Å². The summed E-state index contributed by atoms with van der Waals surface area (Å²) in [6.07, 6.45) is 0. The Kier molecular flexibility index (Phi) is 4.67. The molecule has 0 bridgehead atoms. The second-order valence-electron chi connectivity index (χ2n) is 5.13. The molecular formula is C16H18N2O3. The van der Waals surface area contributed by atoms with Crippen molar-refractivity contribution in [1.29, 1.82) is 0 Å². The summed E-state index contributed by atoms with van der Waals surface area (Å²) in [4.78, 5) is 10.5. The van der Waals surface area contributed by atoms with Crippen molar-refractivity contribution >= 4 is 5.69 Å². The zero-order valence-corrected chi connectivity index (χ0v) is 11.8. The lowest BCUT2D eigenvalue weighted by Gasteiger charge is -2.24. The highest BCUT2D eigenvalue weighted by Gasteiger charge is 2.22. The normalized spacial score (nSPS) is 13.6. The molecule has 0 heterocycles. The number of hydrogen-bond donors (Lipinski definition) is 2. The topological polar surface area (TPSA) is 75.4 Å². The van der Waals surface area contributed by atoms with Crippen LogP contribution in [0.4, 0.5) is 5.69 Å². The van der Waals surface area contributed by atoms with Gasteiger partial charge in [-0.1, -0.05) is 48.5 Å². The minimum absolute atomic E-state index is 0.0874. The summed E-state index contributed by atoms with van der Waals surface area (Å²) in [5, 5.41) is 24.5. The standard InChI is InChI=1S/C16H18N2O3/c1-16(19,14-8-3-2-4-9-14)12-17-11-13-7-5-6-10-15(13)18(20)21/h2-10,17,19H,11-12H2,1H3. The van der Waals surface area contributed by atoms with Gasteiger partial charge in [-0.2, -0.15) is 0 Å². The van der Waals surface area contributed by atoms with E-state index in [0.29, 0.717) is 18.7 Å². The van der Waals surface area contributed by atoms with Crippen molar-refractivity contribution in [3.8, 4) is 0 Å². The van der Waals surface area contributed by atoms with Crippen LogP contribution in [0.25, 0.3) is 0 Å². The first-order chi connectivity index (χ1) is 10.0. The molecule has 0 fully saturated rings. The first-order valence-electron chi connectivity index (χ1n) is 6.71. The van der Waals surface area contributed by atoms with Gasteiger partial charge in [0, 0.05) is 24.7 Å². The largest absolute Gasteiger partial charge is 0.384 e. The molecule has 2 aromatic carbocycles. The van der Waals surface area contributed by atoms with Crippen LogP contribution in [0.15, 0.2) is 54.6 Å². The maximum absolute atomic E-state index is 10.9. The van der Waals surface area contributed by atoms with E-state index in [1.165, 1.54) is 6.07 Å². The van der Waals surface area contributed by atoms with Crippen molar-refractivity contribution in [3.63, 3.8) is 0 Å². The molecule has 110 valence electrons. The van der Waals surface area contributed by atoms with Crippen LogP contribution in [0.5, 0.6) is 0 Å². The maximum Gasteiger partial charge on any atom is 0.273 e. The third kappa shape index (κ3) is 3.87. The van der Waals surface area contributed by atoms with Gasteiger partial charge in [0.1, 0.15) is 0 Å². The van der Waals surface area contributed by atoms with Crippen molar-refractivity contribution in [1.82, 2.24) is 5.32 Å². The van der Waals surface area contributed by atoms with E-state index in [1.807, 2.05) is 30.3 Å². The lowest BCUT2D eigenvalue weighted by atomic mass is 9.96. The molecule has 2 N–H and O–H groups in total. The van der Waals surface area contributed by atoms with Gasteiger partial charge >= 0.3 is 0 Å². The first kappa shape index (κ1) is 15.2. The Balaban J connectivity index is 2.00. The molecule has 0 saturated heterocycles. The van der Waals surface area contributed by atoms with Gasteiger partial charge in [-0.25, -0.2) is 0 Å². The molecule has 0 aromatic heterocycles. The van der Waals surface area contributed by atoms with Gasteiger partial charge < -0.3 is 10.4 Å². The molecule has 0 radical (unpaired) electrons. The summed E-state index contributed by atoms with van der Waals surface area (Å²) in [7, 11) is 0. The Hall–Kier alpha value is -2.24. The predicted molar refractivity (Wildman–Crippen MR) is 80.8 cm³/mol. The van der Waals surface area contributed by atoms with E-state index in [1.54, 1.807) is 25.1 Å². The fourth-order valence-corrected chi connectivity index (χ4v) is 2.18. The molecule has 0 aliphatic rings. The molecule has 0 aliphatic carbocycles. The molecule has 0 spiro atoms.